The lowest BCUT2D eigenvalue weighted by Gasteiger charge is -2.28. The van der Waals surface area contributed by atoms with Gasteiger partial charge in [-0.3, -0.25) is 9.36 Å². The van der Waals surface area contributed by atoms with Crippen molar-refractivity contribution < 1.29 is 9.53 Å². The zero-order valence-electron chi connectivity index (χ0n) is 16.7. The molecule has 0 radical (unpaired) electrons. The Hall–Kier alpha value is -1.28. The van der Waals surface area contributed by atoms with Crippen molar-refractivity contribution in [1.29, 1.82) is 0 Å². The summed E-state index contributed by atoms with van der Waals surface area (Å²) < 4.78 is 7.64. The largest absolute Gasteiger partial charge is 0.378 e. The van der Waals surface area contributed by atoms with Crippen molar-refractivity contribution in [1.82, 2.24) is 19.7 Å². The molecule has 0 aliphatic carbocycles. The molecule has 3 heterocycles. The molecule has 8 heteroatoms. The van der Waals surface area contributed by atoms with Gasteiger partial charge in [0, 0.05) is 32.7 Å². The molecule has 2 saturated heterocycles. The van der Waals surface area contributed by atoms with Gasteiger partial charge in [0.1, 0.15) is 0 Å². The minimum Gasteiger partial charge on any atom is -0.378 e. The second-order valence-electron chi connectivity index (χ2n) is 7.82. The third-order valence-electron chi connectivity index (χ3n) is 5.07. The maximum Gasteiger partial charge on any atom is 0.233 e. The number of likely N-dealkylation sites (tertiary alicyclic amines) is 1. The van der Waals surface area contributed by atoms with Crippen LogP contribution in [0.2, 0.25) is 0 Å². The van der Waals surface area contributed by atoms with E-state index in [1.54, 1.807) is 0 Å². The lowest BCUT2D eigenvalue weighted by Crippen LogP contribution is -2.38. The standard InChI is InChI=1S/C19H33N5O2S/c1-16(2)14-24-18(23-10-12-26-13-11-23)20-21-19(24)27-15-17(25)22-8-6-4-3-5-7-9-22/h16H,3-15H2,1-2H3. The van der Waals surface area contributed by atoms with Gasteiger partial charge in [0.05, 0.1) is 19.0 Å². The van der Waals surface area contributed by atoms with E-state index in [4.69, 9.17) is 4.74 Å². The third kappa shape index (κ3) is 5.85. The van der Waals surface area contributed by atoms with Gasteiger partial charge in [-0.05, 0) is 18.8 Å². The SMILES string of the molecule is CC(C)Cn1c(SCC(=O)N2CCCCCCC2)nnc1N1CCOCC1. The Morgan fingerprint density at radius 3 is 2.37 bits per heavy atom. The van der Waals surface area contributed by atoms with Gasteiger partial charge in [0.25, 0.3) is 0 Å². The van der Waals surface area contributed by atoms with E-state index in [2.05, 4.69) is 33.5 Å². The molecule has 0 saturated carbocycles. The predicted molar refractivity (Wildman–Crippen MR) is 108 cm³/mol. The summed E-state index contributed by atoms with van der Waals surface area (Å²) in [5, 5.41) is 9.72. The van der Waals surface area contributed by atoms with Gasteiger partial charge in [-0.25, -0.2) is 0 Å². The number of aromatic nitrogens is 3. The summed E-state index contributed by atoms with van der Waals surface area (Å²) in [6.45, 7) is 10.2. The van der Waals surface area contributed by atoms with Crippen molar-refractivity contribution in [2.24, 2.45) is 5.92 Å². The number of thioether (sulfide) groups is 1. The molecular weight excluding hydrogens is 362 g/mol. The van der Waals surface area contributed by atoms with Gasteiger partial charge >= 0.3 is 0 Å². The number of amides is 1. The fraction of sp³-hybridized carbons (Fsp3) is 0.842. The van der Waals surface area contributed by atoms with Crippen molar-refractivity contribution in [3.05, 3.63) is 0 Å². The topological polar surface area (TPSA) is 63.5 Å². The Morgan fingerprint density at radius 2 is 1.70 bits per heavy atom. The quantitative estimate of drug-likeness (QED) is 0.690. The van der Waals surface area contributed by atoms with Gasteiger partial charge in [0.15, 0.2) is 5.16 Å². The molecular formula is C19H33N5O2S. The molecule has 2 aliphatic rings. The van der Waals surface area contributed by atoms with Crippen molar-refractivity contribution in [3.8, 4) is 0 Å². The zero-order valence-corrected chi connectivity index (χ0v) is 17.5. The first-order chi connectivity index (χ1) is 13.1. The van der Waals surface area contributed by atoms with E-state index >= 15 is 0 Å². The summed E-state index contributed by atoms with van der Waals surface area (Å²) >= 11 is 1.53. The molecule has 0 unspecified atom stereocenters. The van der Waals surface area contributed by atoms with Crippen molar-refractivity contribution in [2.45, 2.75) is 57.7 Å². The minimum atomic E-state index is 0.230. The highest BCUT2D eigenvalue weighted by Gasteiger charge is 2.22. The van der Waals surface area contributed by atoms with E-state index in [1.165, 1.54) is 31.0 Å². The van der Waals surface area contributed by atoms with E-state index in [9.17, 15) is 4.79 Å². The predicted octanol–water partition coefficient (Wildman–Crippen LogP) is 2.66. The van der Waals surface area contributed by atoms with Crippen LogP contribution in [0.1, 0.15) is 46.0 Å². The third-order valence-corrected chi connectivity index (χ3v) is 6.02. The number of ether oxygens (including phenoxy) is 1. The van der Waals surface area contributed by atoms with Crippen LogP contribution in [0.4, 0.5) is 5.95 Å². The molecule has 7 nitrogen and oxygen atoms in total. The number of anilines is 1. The van der Waals surface area contributed by atoms with Gasteiger partial charge < -0.3 is 14.5 Å². The average Bonchev–Trinajstić information content (AvgIpc) is 3.02. The molecule has 0 aromatic carbocycles. The van der Waals surface area contributed by atoms with Crippen LogP contribution in [0.3, 0.4) is 0 Å². The highest BCUT2D eigenvalue weighted by Crippen LogP contribution is 2.24. The van der Waals surface area contributed by atoms with Crippen LogP contribution >= 0.6 is 11.8 Å². The van der Waals surface area contributed by atoms with Crippen molar-refractivity contribution in [3.63, 3.8) is 0 Å². The van der Waals surface area contributed by atoms with E-state index in [-0.39, 0.29) is 5.91 Å². The zero-order chi connectivity index (χ0) is 19.1. The average molecular weight is 396 g/mol. The summed E-state index contributed by atoms with van der Waals surface area (Å²) in [6, 6.07) is 0. The first kappa shape index (κ1) is 20.5. The van der Waals surface area contributed by atoms with Crippen molar-refractivity contribution >= 4 is 23.6 Å². The van der Waals surface area contributed by atoms with Gasteiger partial charge in [-0.2, -0.15) is 0 Å². The number of carbonyl (C=O) groups is 1. The van der Waals surface area contributed by atoms with E-state index in [1.807, 2.05) is 4.90 Å². The lowest BCUT2D eigenvalue weighted by molar-refractivity contribution is -0.128. The summed E-state index contributed by atoms with van der Waals surface area (Å²) in [7, 11) is 0. The van der Waals surface area contributed by atoms with Crippen LogP contribution in [0, 0.1) is 5.92 Å². The summed E-state index contributed by atoms with van der Waals surface area (Å²) in [5.74, 6) is 2.08. The Bertz CT molecular complexity index is 593. The molecule has 1 amide bonds. The molecule has 0 bridgehead atoms. The number of carbonyl (C=O) groups excluding carboxylic acids is 1. The number of morpholine rings is 1. The number of rotatable bonds is 6. The molecule has 0 atom stereocenters. The first-order valence-corrected chi connectivity index (χ1v) is 11.3. The summed E-state index contributed by atoms with van der Waals surface area (Å²) in [4.78, 5) is 17.0. The fourth-order valence-electron chi connectivity index (χ4n) is 3.62. The molecule has 2 fully saturated rings. The van der Waals surface area contributed by atoms with E-state index < -0.39 is 0 Å². The van der Waals surface area contributed by atoms with E-state index in [0.717, 1.165) is 69.9 Å². The molecule has 1 aromatic heterocycles. The fourth-order valence-corrected chi connectivity index (χ4v) is 4.47. The molecule has 1 aromatic rings. The van der Waals surface area contributed by atoms with Gasteiger partial charge in [-0.15, -0.1) is 10.2 Å². The van der Waals surface area contributed by atoms with E-state index in [0.29, 0.717) is 11.7 Å². The number of nitrogens with zero attached hydrogens (tertiary/aromatic N) is 5. The van der Waals surface area contributed by atoms with Gasteiger partial charge in [-0.1, -0.05) is 44.9 Å². The molecule has 152 valence electrons. The Balaban J connectivity index is 1.64. The van der Waals surface area contributed by atoms with Crippen molar-refractivity contribution in [2.75, 3.05) is 50.0 Å². The number of hydrogen-bond acceptors (Lipinski definition) is 6. The highest BCUT2D eigenvalue weighted by atomic mass is 32.2. The van der Waals surface area contributed by atoms with Crippen LogP contribution in [0.15, 0.2) is 5.16 Å². The Labute approximate surface area is 166 Å². The van der Waals surface area contributed by atoms with Crippen LogP contribution < -0.4 is 4.90 Å². The van der Waals surface area contributed by atoms with Crippen LogP contribution in [-0.2, 0) is 16.1 Å². The Kier molecular flexibility index (Phi) is 7.81. The maximum absolute atomic E-state index is 12.7. The molecule has 27 heavy (non-hydrogen) atoms. The van der Waals surface area contributed by atoms with Crippen LogP contribution in [0.5, 0.6) is 0 Å². The molecule has 0 N–H and O–H groups in total. The highest BCUT2D eigenvalue weighted by molar-refractivity contribution is 7.99. The second-order valence-corrected chi connectivity index (χ2v) is 8.77. The Morgan fingerprint density at radius 1 is 1.04 bits per heavy atom. The first-order valence-electron chi connectivity index (χ1n) is 10.3. The summed E-state index contributed by atoms with van der Waals surface area (Å²) in [5.41, 5.74) is 0. The minimum absolute atomic E-state index is 0.230. The molecule has 3 rings (SSSR count). The van der Waals surface area contributed by atoms with Crippen LogP contribution in [-0.4, -0.2) is 70.7 Å². The second kappa shape index (κ2) is 10.3. The molecule has 2 aliphatic heterocycles. The lowest BCUT2D eigenvalue weighted by atomic mass is 10.1. The smallest absolute Gasteiger partial charge is 0.233 e. The van der Waals surface area contributed by atoms with Crippen LogP contribution in [0.25, 0.3) is 0 Å². The monoisotopic (exact) mass is 395 g/mol. The number of hydrogen-bond donors (Lipinski definition) is 0. The normalized spacial score (nSPS) is 19.2. The van der Waals surface area contributed by atoms with Gasteiger partial charge in [0.2, 0.25) is 11.9 Å². The molecule has 0 spiro atoms. The maximum atomic E-state index is 12.7. The summed E-state index contributed by atoms with van der Waals surface area (Å²) in [6.07, 6.45) is 6.03.